The van der Waals surface area contributed by atoms with Crippen LogP contribution in [0.15, 0.2) is 30.3 Å². The molecule has 0 aliphatic rings. The van der Waals surface area contributed by atoms with Crippen LogP contribution in [-0.4, -0.2) is 53.3 Å². The molecule has 0 saturated heterocycles. The number of alkyl carbamates (subject to hydrolysis) is 1. The molecule has 6 N–H and O–H groups in total. The summed E-state index contributed by atoms with van der Waals surface area (Å²) >= 11 is 0. The second kappa shape index (κ2) is 16.8. The van der Waals surface area contributed by atoms with Crippen molar-refractivity contribution in [2.45, 2.75) is 51.7 Å². The number of unbranched alkanes of at least 4 members (excludes halogenated alkanes) is 2. The number of nitrogens with two attached hydrogens (primary N) is 1. The predicted octanol–water partition coefficient (Wildman–Crippen LogP) is 1.48. The van der Waals surface area contributed by atoms with Gasteiger partial charge in [0, 0.05) is 6.42 Å². The first-order valence-electron chi connectivity index (χ1n) is 9.67. The Kier molecular flexibility index (Phi) is 15.0. The normalized spacial score (nSPS) is 10.8. The number of hydrogen-bond acceptors (Lipinski definition) is 6. The standard InChI is InChI=1S/C13H16N2O5.C7H15NO2/c14-11(16)7-6-10(12(17)18)15-13(19)20-8-9-4-2-1-3-5-9;1-2-3-4-5-8-6-7(9)10/h1-5,10H,6-8H2,(H2,14,16)(H,15,19)(H,17,18);8H,2-6H2,1H3,(H,9,10). The number of rotatable bonds is 13. The van der Waals surface area contributed by atoms with Crippen LogP contribution in [-0.2, 0) is 25.7 Å². The summed E-state index contributed by atoms with van der Waals surface area (Å²) in [6.45, 7) is 3.07. The van der Waals surface area contributed by atoms with Gasteiger partial charge in [0.1, 0.15) is 12.6 Å². The van der Waals surface area contributed by atoms with Gasteiger partial charge in [-0.1, -0.05) is 50.1 Å². The Hall–Kier alpha value is -3.14. The number of aliphatic carboxylic acids is 2. The molecule has 1 atom stereocenters. The summed E-state index contributed by atoms with van der Waals surface area (Å²) in [7, 11) is 0. The number of hydrogen-bond donors (Lipinski definition) is 5. The van der Waals surface area contributed by atoms with E-state index in [1.54, 1.807) is 24.3 Å². The third-order valence-electron chi connectivity index (χ3n) is 3.72. The van der Waals surface area contributed by atoms with Crippen molar-refractivity contribution in [2.24, 2.45) is 5.73 Å². The first kappa shape index (κ1) is 26.9. The van der Waals surface area contributed by atoms with Crippen molar-refractivity contribution in [3.05, 3.63) is 35.9 Å². The molecule has 1 unspecified atom stereocenters. The topological polar surface area (TPSA) is 168 Å². The number of carbonyl (C=O) groups is 4. The number of primary amides is 1. The summed E-state index contributed by atoms with van der Waals surface area (Å²) in [6.07, 6.45) is 2.36. The van der Waals surface area contributed by atoms with E-state index in [4.69, 9.17) is 20.7 Å². The zero-order chi connectivity index (χ0) is 22.8. The van der Waals surface area contributed by atoms with E-state index in [1.165, 1.54) is 12.8 Å². The van der Waals surface area contributed by atoms with Gasteiger partial charge in [-0.05, 0) is 24.9 Å². The van der Waals surface area contributed by atoms with Crippen LogP contribution in [0, 0.1) is 0 Å². The van der Waals surface area contributed by atoms with E-state index >= 15 is 0 Å². The minimum absolute atomic E-state index is 0.0365. The van der Waals surface area contributed by atoms with Crippen molar-refractivity contribution in [3.63, 3.8) is 0 Å². The molecule has 0 aliphatic heterocycles. The fraction of sp³-hybridized carbons (Fsp3) is 0.500. The Balaban J connectivity index is 0.000000710. The molecular formula is C20H31N3O7. The maximum atomic E-state index is 11.5. The van der Waals surface area contributed by atoms with Gasteiger partial charge < -0.3 is 31.3 Å². The summed E-state index contributed by atoms with van der Waals surface area (Å²) in [5, 5.41) is 22.1. The van der Waals surface area contributed by atoms with E-state index in [2.05, 4.69) is 17.6 Å². The summed E-state index contributed by atoms with van der Waals surface area (Å²) in [6, 6.07) is 7.76. The molecule has 10 heteroatoms. The Morgan fingerprint density at radius 2 is 1.77 bits per heavy atom. The molecule has 0 heterocycles. The lowest BCUT2D eigenvalue weighted by molar-refractivity contribution is -0.139. The van der Waals surface area contributed by atoms with Crippen LogP contribution in [0.4, 0.5) is 4.79 Å². The zero-order valence-corrected chi connectivity index (χ0v) is 17.1. The predicted molar refractivity (Wildman–Crippen MR) is 110 cm³/mol. The Morgan fingerprint density at radius 3 is 2.30 bits per heavy atom. The van der Waals surface area contributed by atoms with Gasteiger partial charge in [0.15, 0.2) is 0 Å². The maximum absolute atomic E-state index is 11.5. The van der Waals surface area contributed by atoms with Crippen molar-refractivity contribution >= 4 is 23.9 Å². The Labute approximate surface area is 175 Å². The van der Waals surface area contributed by atoms with Crippen LogP contribution >= 0.6 is 0 Å². The molecule has 0 aliphatic carbocycles. The minimum atomic E-state index is -1.25. The molecule has 10 nitrogen and oxygen atoms in total. The monoisotopic (exact) mass is 425 g/mol. The second-order valence-corrected chi connectivity index (χ2v) is 6.38. The molecular weight excluding hydrogens is 394 g/mol. The largest absolute Gasteiger partial charge is 0.480 e. The number of carbonyl (C=O) groups excluding carboxylic acids is 2. The Morgan fingerprint density at radius 1 is 1.10 bits per heavy atom. The molecule has 0 radical (unpaired) electrons. The lowest BCUT2D eigenvalue weighted by Gasteiger charge is -2.13. The lowest BCUT2D eigenvalue weighted by atomic mass is 10.1. The van der Waals surface area contributed by atoms with E-state index in [9.17, 15) is 19.2 Å². The summed E-state index contributed by atoms with van der Waals surface area (Å²) in [4.78, 5) is 42.9. The third kappa shape index (κ3) is 15.9. The van der Waals surface area contributed by atoms with Crippen LogP contribution in [0.5, 0.6) is 0 Å². The molecule has 1 aromatic rings. The van der Waals surface area contributed by atoms with Crippen molar-refractivity contribution < 1.29 is 34.1 Å². The van der Waals surface area contributed by atoms with Crippen LogP contribution in [0.25, 0.3) is 0 Å². The fourth-order valence-corrected chi connectivity index (χ4v) is 2.15. The van der Waals surface area contributed by atoms with Crippen LogP contribution < -0.4 is 16.4 Å². The van der Waals surface area contributed by atoms with Crippen molar-refractivity contribution in [3.8, 4) is 0 Å². The molecule has 2 amide bonds. The van der Waals surface area contributed by atoms with Crippen molar-refractivity contribution in [1.29, 1.82) is 0 Å². The Bertz CT molecular complexity index is 653. The molecule has 0 saturated carbocycles. The number of nitrogens with one attached hydrogen (secondary N) is 2. The first-order valence-corrected chi connectivity index (χ1v) is 9.67. The molecule has 168 valence electrons. The number of benzene rings is 1. The van der Waals surface area contributed by atoms with Gasteiger partial charge >= 0.3 is 18.0 Å². The highest BCUT2D eigenvalue weighted by molar-refractivity contribution is 5.81. The van der Waals surface area contributed by atoms with E-state index in [-0.39, 0.29) is 26.0 Å². The SMILES string of the molecule is CCCCCNCC(=O)O.NC(=O)CCC(NC(=O)OCc1ccccc1)C(=O)O. The third-order valence-corrected chi connectivity index (χ3v) is 3.72. The van der Waals surface area contributed by atoms with E-state index in [0.717, 1.165) is 18.5 Å². The maximum Gasteiger partial charge on any atom is 0.408 e. The average Bonchev–Trinajstić information content (AvgIpc) is 2.70. The molecule has 1 aromatic carbocycles. The van der Waals surface area contributed by atoms with Crippen molar-refractivity contribution in [2.75, 3.05) is 13.1 Å². The number of carboxylic acids is 2. The molecule has 0 spiro atoms. The van der Waals surface area contributed by atoms with Crippen LogP contribution in [0.2, 0.25) is 0 Å². The van der Waals surface area contributed by atoms with E-state index < -0.39 is 30.0 Å². The van der Waals surface area contributed by atoms with Gasteiger partial charge in [-0.25, -0.2) is 9.59 Å². The highest BCUT2D eigenvalue weighted by Crippen LogP contribution is 2.02. The van der Waals surface area contributed by atoms with E-state index in [1.807, 2.05) is 6.07 Å². The zero-order valence-electron chi connectivity index (χ0n) is 17.1. The summed E-state index contributed by atoms with van der Waals surface area (Å²) in [5.74, 6) is -2.66. The van der Waals surface area contributed by atoms with Gasteiger partial charge in [-0.3, -0.25) is 9.59 Å². The van der Waals surface area contributed by atoms with Crippen LogP contribution in [0.1, 0.15) is 44.6 Å². The molecule has 0 fully saturated rings. The smallest absolute Gasteiger partial charge is 0.408 e. The molecule has 30 heavy (non-hydrogen) atoms. The fourth-order valence-electron chi connectivity index (χ4n) is 2.15. The number of ether oxygens (including phenoxy) is 1. The van der Waals surface area contributed by atoms with Gasteiger partial charge in [0.25, 0.3) is 0 Å². The summed E-state index contributed by atoms with van der Waals surface area (Å²) in [5.41, 5.74) is 5.71. The lowest BCUT2D eigenvalue weighted by Crippen LogP contribution is -2.41. The second-order valence-electron chi connectivity index (χ2n) is 6.38. The van der Waals surface area contributed by atoms with Gasteiger partial charge in [0.2, 0.25) is 5.91 Å². The van der Waals surface area contributed by atoms with Crippen LogP contribution in [0.3, 0.4) is 0 Å². The van der Waals surface area contributed by atoms with Crippen molar-refractivity contribution in [1.82, 2.24) is 10.6 Å². The van der Waals surface area contributed by atoms with Gasteiger partial charge in [0.05, 0.1) is 6.54 Å². The highest BCUT2D eigenvalue weighted by atomic mass is 16.5. The number of amides is 2. The molecule has 0 aromatic heterocycles. The molecule has 0 bridgehead atoms. The summed E-state index contributed by atoms with van der Waals surface area (Å²) < 4.78 is 4.89. The molecule has 1 rings (SSSR count). The van der Waals surface area contributed by atoms with E-state index in [0.29, 0.717) is 0 Å². The van der Waals surface area contributed by atoms with Gasteiger partial charge in [-0.15, -0.1) is 0 Å². The van der Waals surface area contributed by atoms with Gasteiger partial charge in [-0.2, -0.15) is 0 Å². The average molecular weight is 425 g/mol. The first-order chi connectivity index (χ1) is 14.3. The highest BCUT2D eigenvalue weighted by Gasteiger charge is 2.21. The minimum Gasteiger partial charge on any atom is -0.480 e. The number of carboxylic acid groups (broad SMARTS) is 2. The quantitative estimate of drug-likeness (QED) is 0.296.